The summed E-state index contributed by atoms with van der Waals surface area (Å²) in [4.78, 5) is 30.7. The van der Waals surface area contributed by atoms with Gasteiger partial charge in [-0.15, -0.1) is 0 Å². The number of allylic oxidation sites excluding steroid dienone is 1. The molecule has 2 atom stereocenters. The maximum atomic E-state index is 12.5. The molecule has 4 N–H and O–H groups in total. The number of rotatable bonds is 32. The molecule has 0 rings (SSSR count). The van der Waals surface area contributed by atoms with Gasteiger partial charge in [0.15, 0.2) is 0 Å². The molecule has 0 heterocycles. The van der Waals surface area contributed by atoms with Crippen LogP contribution in [-0.4, -0.2) is 39.6 Å². The van der Waals surface area contributed by atoms with Crippen LogP contribution in [0.15, 0.2) is 12.2 Å². The van der Waals surface area contributed by atoms with Crippen LogP contribution < -0.4 is 5.32 Å². The van der Waals surface area contributed by atoms with Gasteiger partial charge in [0.2, 0.25) is 5.91 Å². The fourth-order valence-electron chi connectivity index (χ4n) is 5.28. The van der Waals surface area contributed by atoms with Crippen LogP contribution in [-0.2, 0) is 13.9 Å². The highest BCUT2D eigenvalue weighted by molar-refractivity contribution is 7.46. The summed E-state index contributed by atoms with van der Waals surface area (Å²) < 4.78 is 15.8. The second-order valence-electron chi connectivity index (χ2n) is 12.2. The van der Waals surface area contributed by atoms with Crippen molar-refractivity contribution in [3.8, 4) is 0 Å². The average Bonchev–Trinajstić information content (AvgIpc) is 2.95. The maximum absolute atomic E-state index is 12.5. The van der Waals surface area contributed by atoms with Crippen LogP contribution >= 0.6 is 7.82 Å². The van der Waals surface area contributed by atoms with E-state index in [1.165, 1.54) is 122 Å². The third-order valence-corrected chi connectivity index (χ3v) is 8.48. The number of nitrogens with one attached hydrogen (secondary N) is 1. The van der Waals surface area contributed by atoms with Crippen molar-refractivity contribution in [1.29, 1.82) is 0 Å². The molecule has 0 aliphatic carbocycles. The number of aliphatic hydroxyl groups is 1. The topological polar surface area (TPSA) is 116 Å². The quantitative estimate of drug-likeness (QED) is 0.0339. The molecule has 1 amide bonds. The molecule has 0 aromatic carbocycles. The van der Waals surface area contributed by atoms with Gasteiger partial charge in [-0.05, 0) is 19.3 Å². The van der Waals surface area contributed by atoms with Gasteiger partial charge in [-0.1, -0.05) is 167 Å². The first-order chi connectivity index (χ1) is 20.3. The highest BCUT2D eigenvalue weighted by Gasteiger charge is 2.24. The summed E-state index contributed by atoms with van der Waals surface area (Å²) in [5.41, 5.74) is 0. The summed E-state index contributed by atoms with van der Waals surface area (Å²) in [5, 5.41) is 13.3. The number of hydrogen-bond acceptors (Lipinski definition) is 4. The first-order valence-corrected chi connectivity index (χ1v) is 19.2. The van der Waals surface area contributed by atoms with E-state index in [0.29, 0.717) is 6.42 Å². The van der Waals surface area contributed by atoms with Gasteiger partial charge < -0.3 is 20.2 Å². The summed E-state index contributed by atoms with van der Waals surface area (Å²) >= 11 is 0. The van der Waals surface area contributed by atoms with Crippen LogP contribution in [0.1, 0.15) is 181 Å². The van der Waals surface area contributed by atoms with E-state index >= 15 is 0 Å². The minimum atomic E-state index is -4.70. The minimum Gasteiger partial charge on any atom is -0.387 e. The van der Waals surface area contributed by atoms with E-state index in [9.17, 15) is 14.5 Å². The van der Waals surface area contributed by atoms with Gasteiger partial charge in [-0.25, -0.2) is 4.57 Å². The summed E-state index contributed by atoms with van der Waals surface area (Å²) in [6.45, 7) is 4.05. The van der Waals surface area contributed by atoms with Crippen LogP contribution in [0.2, 0.25) is 0 Å². The number of aliphatic hydroxyl groups excluding tert-OH is 1. The zero-order valence-corrected chi connectivity index (χ0v) is 28.3. The number of amides is 1. The summed E-state index contributed by atoms with van der Waals surface area (Å²) in [5.74, 6) is -0.227. The van der Waals surface area contributed by atoms with Crippen molar-refractivity contribution in [3.05, 3.63) is 12.2 Å². The Morgan fingerprint density at radius 3 is 1.45 bits per heavy atom. The summed E-state index contributed by atoms with van der Waals surface area (Å²) in [7, 11) is -4.70. The lowest BCUT2D eigenvalue weighted by Gasteiger charge is -2.22. The van der Waals surface area contributed by atoms with Crippen LogP contribution in [0.4, 0.5) is 0 Å². The van der Waals surface area contributed by atoms with Crippen LogP contribution in [0.3, 0.4) is 0 Å². The van der Waals surface area contributed by atoms with Crippen molar-refractivity contribution in [3.63, 3.8) is 0 Å². The molecular formula is C34H68NO6P. The Morgan fingerprint density at radius 1 is 0.667 bits per heavy atom. The van der Waals surface area contributed by atoms with Crippen LogP contribution in [0, 0.1) is 0 Å². The molecule has 0 saturated carbocycles. The normalized spacial score (nSPS) is 13.5. The number of carbonyl (C=O) groups excluding carboxylic acids is 1. The van der Waals surface area contributed by atoms with Crippen molar-refractivity contribution in [2.75, 3.05) is 6.61 Å². The third kappa shape index (κ3) is 30.7. The Balaban J connectivity index is 4.07. The highest BCUT2D eigenvalue weighted by Crippen LogP contribution is 2.35. The molecule has 0 aliphatic rings. The van der Waals surface area contributed by atoms with E-state index in [1.54, 1.807) is 6.08 Å². The second-order valence-corrected chi connectivity index (χ2v) is 13.4. The molecule has 0 aromatic heterocycles. The van der Waals surface area contributed by atoms with Crippen molar-refractivity contribution in [2.45, 2.75) is 193 Å². The number of phosphoric acid groups is 1. The molecule has 0 saturated heterocycles. The number of unbranched alkanes of at least 4 members (excludes halogenated alkanes) is 23. The summed E-state index contributed by atoms with van der Waals surface area (Å²) in [6, 6.07) is -0.902. The zero-order valence-electron chi connectivity index (χ0n) is 27.4. The lowest BCUT2D eigenvalue weighted by Crippen LogP contribution is -2.45. The number of carbonyl (C=O) groups is 1. The standard InChI is InChI=1S/C34H68NO6P/c1-3-5-7-9-11-13-15-17-19-21-23-25-27-29-33(36)32(31-41-42(38,39)40)35-34(37)30-28-26-24-22-20-18-16-14-12-10-8-6-4-2/h27,29,32-33,36H,3-26,28,30-31H2,1-2H3,(H,35,37)(H2,38,39,40)/t32-,33+/m0/s1. The van der Waals surface area contributed by atoms with Crippen molar-refractivity contribution in [2.24, 2.45) is 0 Å². The van der Waals surface area contributed by atoms with Crippen molar-refractivity contribution in [1.82, 2.24) is 5.32 Å². The third-order valence-electron chi connectivity index (χ3n) is 8.00. The average molecular weight is 618 g/mol. The van der Waals surface area contributed by atoms with Gasteiger partial charge in [-0.3, -0.25) is 9.32 Å². The lowest BCUT2D eigenvalue weighted by atomic mass is 10.0. The monoisotopic (exact) mass is 617 g/mol. The second kappa shape index (κ2) is 30.3. The van der Waals surface area contributed by atoms with E-state index in [2.05, 4.69) is 23.7 Å². The molecule has 0 spiro atoms. The molecule has 0 aliphatic heterocycles. The molecule has 7 nitrogen and oxygen atoms in total. The Morgan fingerprint density at radius 2 is 1.05 bits per heavy atom. The van der Waals surface area contributed by atoms with E-state index < -0.39 is 26.6 Å². The smallest absolute Gasteiger partial charge is 0.387 e. The fourth-order valence-corrected chi connectivity index (χ4v) is 5.64. The van der Waals surface area contributed by atoms with E-state index in [0.717, 1.165) is 38.5 Å². The van der Waals surface area contributed by atoms with Gasteiger partial charge in [-0.2, -0.15) is 0 Å². The molecule has 0 unspecified atom stereocenters. The Hall–Kier alpha value is -0.720. The fraction of sp³-hybridized carbons (Fsp3) is 0.912. The predicted molar refractivity (Wildman–Crippen MR) is 176 cm³/mol. The highest BCUT2D eigenvalue weighted by atomic mass is 31.2. The molecule has 0 aromatic rings. The first kappa shape index (κ1) is 41.3. The van der Waals surface area contributed by atoms with Crippen molar-refractivity contribution < 1.29 is 28.8 Å². The predicted octanol–water partition coefficient (Wildman–Crippen LogP) is 9.68. The summed E-state index contributed by atoms with van der Waals surface area (Å²) in [6.07, 6.45) is 33.6. The lowest BCUT2D eigenvalue weighted by molar-refractivity contribution is -0.123. The van der Waals surface area contributed by atoms with Gasteiger partial charge in [0.25, 0.3) is 0 Å². The number of hydrogen-bond donors (Lipinski definition) is 4. The largest absolute Gasteiger partial charge is 0.469 e. The maximum Gasteiger partial charge on any atom is 0.469 e. The van der Waals surface area contributed by atoms with Crippen LogP contribution in [0.25, 0.3) is 0 Å². The Kier molecular flexibility index (Phi) is 29.8. The molecule has 42 heavy (non-hydrogen) atoms. The minimum absolute atomic E-state index is 0.227. The Bertz CT molecular complexity index is 668. The van der Waals surface area contributed by atoms with E-state index in [4.69, 9.17) is 9.79 Å². The molecule has 250 valence electrons. The van der Waals surface area contributed by atoms with Gasteiger partial charge >= 0.3 is 7.82 Å². The molecule has 0 radical (unpaired) electrons. The zero-order chi connectivity index (χ0) is 31.2. The van der Waals surface area contributed by atoms with E-state index in [-0.39, 0.29) is 5.91 Å². The Labute approximate surface area is 259 Å². The van der Waals surface area contributed by atoms with Crippen molar-refractivity contribution >= 4 is 13.7 Å². The van der Waals surface area contributed by atoms with Crippen LogP contribution in [0.5, 0.6) is 0 Å². The van der Waals surface area contributed by atoms with Gasteiger partial charge in [0, 0.05) is 6.42 Å². The van der Waals surface area contributed by atoms with Gasteiger partial charge in [0.05, 0.1) is 18.8 Å². The molecule has 8 heteroatoms. The van der Waals surface area contributed by atoms with Gasteiger partial charge in [0.1, 0.15) is 0 Å². The molecule has 0 fully saturated rings. The molecule has 0 bridgehead atoms. The first-order valence-electron chi connectivity index (χ1n) is 17.6. The number of phosphoric ester groups is 1. The molecular weight excluding hydrogens is 549 g/mol. The SMILES string of the molecule is CCCCCCCCCCCCCC=C[C@@H](O)[C@H](COP(=O)(O)O)NC(=O)CCCCCCCCCCCCCCC. The van der Waals surface area contributed by atoms with E-state index in [1.807, 2.05) is 6.08 Å².